The molecule has 5 heteroatoms. The maximum absolute atomic E-state index is 6.00. The first-order valence-corrected chi connectivity index (χ1v) is 0.700. The zero-order valence-electron chi connectivity index (χ0n) is 2.12. The van der Waals surface area contributed by atoms with Gasteiger partial charge >= 0.3 is 0 Å². The molecule has 5 nitrogen and oxygen atoms in total. The molecule has 0 fully saturated rings. The fourth-order valence-corrected chi connectivity index (χ4v) is 0. The van der Waals surface area contributed by atoms with Gasteiger partial charge < -0.3 is 0 Å². The molecule has 0 atom stereocenters. The van der Waals surface area contributed by atoms with Gasteiger partial charge in [-0.05, 0) is 0 Å². The van der Waals surface area contributed by atoms with Crippen molar-refractivity contribution in [2.45, 2.75) is 0 Å². The quantitative estimate of drug-likeness (QED) is 0.351. The highest BCUT2D eigenvalue weighted by atomic mass is 17.6. The highest BCUT2D eigenvalue weighted by Crippen LogP contribution is 1.79. The molecule has 0 radical (unpaired) electrons. The number of hydrogen-bond acceptors (Lipinski definition) is 5. The van der Waals surface area contributed by atoms with E-state index in [2.05, 4.69) is 14.2 Å². The van der Waals surface area contributed by atoms with Gasteiger partial charge in [-0.3, -0.25) is 10.5 Å². The Kier molecular flexibility index (Phi) is 2.87. The van der Waals surface area contributed by atoms with E-state index >= 15 is 0 Å². The van der Waals surface area contributed by atoms with E-state index in [9.17, 15) is 0 Å². The van der Waals surface area contributed by atoms with Crippen LogP contribution >= 0.6 is 0 Å². The second-order valence-electron chi connectivity index (χ2n) is 0.204. The Morgan fingerprint density at radius 1 is 0.800 bits per heavy atom. The Morgan fingerprint density at radius 3 is 1.00 bits per heavy atom. The van der Waals surface area contributed by atoms with Gasteiger partial charge in [-0.25, -0.2) is 0 Å². The van der Waals surface area contributed by atoms with Crippen LogP contribution in [0.15, 0.2) is 14.2 Å². The molecule has 0 aliphatic rings. The van der Waals surface area contributed by atoms with Crippen molar-refractivity contribution < 1.29 is 24.7 Å². The van der Waals surface area contributed by atoms with Crippen LogP contribution < -0.4 is 0 Å². The van der Waals surface area contributed by atoms with Crippen LogP contribution in [0.5, 0.6) is 0 Å². The number of rotatable bonds is 0. The van der Waals surface area contributed by atoms with E-state index in [0.29, 0.717) is 0 Å². The first kappa shape index (κ1) is 4.32. The monoisotopic (exact) mass is 82.0 g/mol. The third kappa shape index (κ3) is 56.5. The molecule has 1 aromatic rings. The molecule has 0 unspecified atom stereocenters. The van der Waals surface area contributed by atoms with Gasteiger partial charge in [0.2, 0.25) is 0 Å². The molecule has 0 saturated heterocycles. The van der Waals surface area contributed by atoms with Crippen molar-refractivity contribution in [1.82, 2.24) is 0 Å². The largest absolute Gasteiger partial charge is 0.255 e. The Morgan fingerprint density at radius 2 is 1.00 bits per heavy atom. The van der Waals surface area contributed by atoms with Gasteiger partial charge in [0.15, 0.2) is 0 Å². The minimum absolute atomic E-state index is 3.50. The van der Waals surface area contributed by atoms with E-state index in [4.69, 9.17) is 10.5 Å². The van der Waals surface area contributed by atoms with Crippen LogP contribution in [0, 0.1) is 0 Å². The summed E-state index contributed by atoms with van der Waals surface area (Å²) < 4.78 is 10.5. The van der Waals surface area contributed by atoms with E-state index in [1.54, 1.807) is 0 Å². The Balaban J connectivity index is 0.0000000733. The topological polar surface area (TPSA) is 79.9 Å². The van der Waals surface area contributed by atoms with Crippen molar-refractivity contribution in [3.8, 4) is 0 Å². The highest BCUT2D eigenvalue weighted by Gasteiger charge is 1.63. The van der Waals surface area contributed by atoms with Gasteiger partial charge in [-0.15, -0.1) is 0 Å². The lowest BCUT2D eigenvalue weighted by atomic mass is 15.0. The van der Waals surface area contributed by atoms with Gasteiger partial charge in [-0.2, -0.15) is 0 Å². The second kappa shape index (κ2) is 3.32. The molecule has 0 aliphatic heterocycles. The highest BCUT2D eigenvalue weighted by molar-refractivity contribution is 2.71. The van der Waals surface area contributed by atoms with Crippen LogP contribution in [0.2, 0.25) is 0 Å². The molecule has 32 valence electrons. The summed E-state index contributed by atoms with van der Waals surface area (Å²) in [4.78, 5) is 0. The predicted molar refractivity (Wildman–Crippen MR) is 8.50 cm³/mol. The standard InChI is InChI=1S/O3.H2O2/c1-2-3-1;1-2/h;1-2H. The average molecular weight is 82.0 g/mol. The molecule has 0 spiro atoms. The Labute approximate surface area is 26.1 Å². The smallest absolute Gasteiger partial charge is 0 e. The lowest BCUT2D eigenvalue weighted by molar-refractivity contribution is -0.176. The summed E-state index contributed by atoms with van der Waals surface area (Å²) in [7, 11) is 0. The SMILES string of the molecule is OO.o1oo1. The molecule has 0 aromatic carbocycles. The van der Waals surface area contributed by atoms with Gasteiger partial charge in [0.25, 0.3) is 0 Å². The zero-order chi connectivity index (χ0) is 4.12. The maximum Gasteiger partial charge on any atom is 0 e. The number of hydrogen-bond donors (Lipinski definition) is 2. The van der Waals surface area contributed by atoms with Crippen molar-refractivity contribution in [1.29, 1.82) is 0 Å². The summed E-state index contributed by atoms with van der Waals surface area (Å²) in [6.45, 7) is 0. The van der Waals surface area contributed by atoms with Gasteiger partial charge in [-0.1, -0.05) is 0 Å². The van der Waals surface area contributed by atoms with Gasteiger partial charge in [0.05, 0.1) is 0 Å². The summed E-state index contributed by atoms with van der Waals surface area (Å²) in [6.07, 6.45) is 0. The van der Waals surface area contributed by atoms with Crippen LogP contribution in [-0.2, 0) is 0 Å². The summed E-state index contributed by atoms with van der Waals surface area (Å²) >= 11 is 0. The van der Waals surface area contributed by atoms with E-state index in [1.165, 1.54) is 0 Å². The van der Waals surface area contributed by atoms with E-state index in [-0.39, 0.29) is 0 Å². The van der Waals surface area contributed by atoms with Crippen molar-refractivity contribution in [3.63, 3.8) is 0 Å². The van der Waals surface area contributed by atoms with E-state index in [0.717, 1.165) is 0 Å². The van der Waals surface area contributed by atoms with Crippen LogP contribution in [-0.4, -0.2) is 10.5 Å². The average Bonchev–Trinajstić information content (AvgIpc) is 2.19. The van der Waals surface area contributed by atoms with Crippen LogP contribution in [0.25, 0.3) is 0 Å². The summed E-state index contributed by atoms with van der Waals surface area (Å²) in [6, 6.07) is 0. The van der Waals surface area contributed by atoms with Crippen LogP contribution in [0.1, 0.15) is 0 Å². The molecule has 0 amide bonds. The fraction of sp³-hybridized carbons (Fsp3) is 0. The minimum atomic E-state index is 3.50. The van der Waals surface area contributed by atoms with Crippen LogP contribution in [0.3, 0.4) is 0 Å². The summed E-state index contributed by atoms with van der Waals surface area (Å²) in [5.74, 6) is 0. The van der Waals surface area contributed by atoms with Gasteiger partial charge in [0.1, 0.15) is 0 Å². The van der Waals surface area contributed by atoms with Crippen LogP contribution in [0.4, 0.5) is 0 Å². The fourth-order valence-electron chi connectivity index (χ4n) is 0. The van der Waals surface area contributed by atoms with Crippen molar-refractivity contribution in [2.75, 3.05) is 0 Å². The second-order valence-corrected chi connectivity index (χ2v) is 0.204. The molecule has 5 heavy (non-hydrogen) atoms. The molecule has 1 rings (SSSR count). The van der Waals surface area contributed by atoms with Gasteiger partial charge in [0, 0.05) is 14.2 Å². The molecule has 0 aliphatic carbocycles. The van der Waals surface area contributed by atoms with E-state index in [1.807, 2.05) is 0 Å². The molecular formula is H2O5. The third-order valence-electron chi connectivity index (χ3n) is 0.0680. The first-order valence-electron chi connectivity index (χ1n) is 0.700. The third-order valence-corrected chi connectivity index (χ3v) is 0.0680. The van der Waals surface area contributed by atoms with Crippen molar-refractivity contribution in [3.05, 3.63) is 0 Å². The molecule has 1 aromatic heterocycles. The van der Waals surface area contributed by atoms with Crippen molar-refractivity contribution in [2.24, 2.45) is 0 Å². The molecule has 2 N–H and O–H groups in total. The summed E-state index contributed by atoms with van der Waals surface area (Å²) in [5, 5.41) is 12.0. The minimum Gasteiger partial charge on any atom is -0.255 e. The molecule has 0 bridgehead atoms. The van der Waals surface area contributed by atoms with E-state index < -0.39 is 0 Å². The first-order chi connectivity index (χ1) is 2.50. The zero-order valence-corrected chi connectivity index (χ0v) is 2.12. The normalized spacial score (nSPS) is 6.00. The summed E-state index contributed by atoms with van der Waals surface area (Å²) in [5.41, 5.74) is 0. The lowest BCUT2D eigenvalue weighted by Gasteiger charge is -1.25. The predicted octanol–water partition coefficient (Wildman–Crippen LogP) is 0.483. The molecular weight excluding hydrogens is 80.0 g/mol. The Hall–Kier alpha value is -0.680. The molecule has 0 saturated carbocycles. The molecule has 1 heterocycles. The van der Waals surface area contributed by atoms with Crippen molar-refractivity contribution >= 4 is 0 Å². The Bertz CT molecular complexity index is 28.1. The maximum atomic E-state index is 6.00. The lowest BCUT2D eigenvalue weighted by Crippen LogP contribution is -1.29.